The van der Waals surface area contributed by atoms with Crippen molar-refractivity contribution >= 4 is 17.6 Å². The first-order valence-corrected chi connectivity index (χ1v) is 5.65. The first-order chi connectivity index (χ1) is 8.56. The third kappa shape index (κ3) is 2.95. The van der Waals surface area contributed by atoms with Crippen LogP contribution >= 0.6 is 11.6 Å². The summed E-state index contributed by atoms with van der Waals surface area (Å²) in [4.78, 5) is 0. The van der Waals surface area contributed by atoms with Crippen LogP contribution in [0.1, 0.15) is 23.8 Å². The highest BCUT2D eigenvalue weighted by Gasteiger charge is 2.11. The topological polar surface area (TPSA) is 51.0 Å². The Bertz CT molecular complexity index is 545. The first kappa shape index (κ1) is 12.8. The van der Waals surface area contributed by atoms with Gasteiger partial charge in [-0.1, -0.05) is 11.2 Å². The van der Waals surface area contributed by atoms with Crippen LogP contribution < -0.4 is 5.32 Å². The number of aromatic nitrogens is 2. The summed E-state index contributed by atoms with van der Waals surface area (Å²) in [5.74, 6) is -1.48. The fraction of sp³-hybridized carbons (Fsp3) is 0.273. The number of hydrogen-bond donors (Lipinski definition) is 1. The van der Waals surface area contributed by atoms with Crippen LogP contribution in [0.3, 0.4) is 0 Å². The van der Waals surface area contributed by atoms with Gasteiger partial charge in [0.1, 0.15) is 5.38 Å². The van der Waals surface area contributed by atoms with E-state index in [9.17, 15) is 8.78 Å². The molecule has 0 amide bonds. The lowest BCUT2D eigenvalue weighted by Gasteiger charge is -2.02. The molecule has 1 aromatic carbocycles. The van der Waals surface area contributed by atoms with Crippen LogP contribution in [-0.4, -0.2) is 10.2 Å². The highest BCUT2D eigenvalue weighted by atomic mass is 35.5. The third-order valence-electron chi connectivity index (χ3n) is 2.21. The molecule has 0 aliphatic rings. The zero-order valence-electron chi connectivity index (χ0n) is 9.45. The largest absolute Gasteiger partial charge is 0.406 e. The Balaban J connectivity index is 2.00. The number of hydrogen-bond acceptors (Lipinski definition) is 4. The van der Waals surface area contributed by atoms with Crippen molar-refractivity contribution in [1.29, 1.82) is 0 Å². The molecular weight excluding hydrogens is 264 g/mol. The Morgan fingerprint density at radius 2 is 2.11 bits per heavy atom. The average Bonchev–Trinajstić information content (AvgIpc) is 2.79. The quantitative estimate of drug-likeness (QED) is 0.869. The van der Waals surface area contributed by atoms with Crippen LogP contribution in [-0.2, 0) is 6.54 Å². The minimum atomic E-state index is -0.894. The molecule has 1 heterocycles. The minimum absolute atomic E-state index is 0.183. The monoisotopic (exact) mass is 273 g/mol. The van der Waals surface area contributed by atoms with Gasteiger partial charge in [0.15, 0.2) is 11.6 Å². The van der Waals surface area contributed by atoms with Crippen molar-refractivity contribution in [2.24, 2.45) is 0 Å². The van der Waals surface area contributed by atoms with E-state index in [4.69, 9.17) is 16.0 Å². The van der Waals surface area contributed by atoms with E-state index in [1.54, 1.807) is 6.92 Å². The molecule has 2 rings (SSSR count). The van der Waals surface area contributed by atoms with E-state index >= 15 is 0 Å². The Kier molecular flexibility index (Phi) is 3.76. The zero-order chi connectivity index (χ0) is 13.1. The molecule has 1 unspecified atom stereocenters. The maximum absolute atomic E-state index is 12.9. The van der Waals surface area contributed by atoms with Crippen molar-refractivity contribution in [3.63, 3.8) is 0 Å². The molecule has 0 fully saturated rings. The molecule has 7 heteroatoms. The molecule has 0 aliphatic carbocycles. The van der Waals surface area contributed by atoms with Gasteiger partial charge < -0.3 is 9.73 Å². The lowest BCUT2D eigenvalue weighted by molar-refractivity contribution is 0.503. The molecule has 0 aliphatic heterocycles. The minimum Gasteiger partial charge on any atom is -0.406 e. The number of alkyl halides is 1. The SMILES string of the molecule is CC(Cl)c1nnc(NCc2ccc(F)c(F)c2)o1. The summed E-state index contributed by atoms with van der Waals surface area (Å²) < 4.78 is 30.8. The van der Waals surface area contributed by atoms with Gasteiger partial charge in [-0.15, -0.1) is 16.7 Å². The fourth-order valence-electron chi connectivity index (χ4n) is 1.29. The van der Waals surface area contributed by atoms with E-state index in [-0.39, 0.29) is 17.9 Å². The van der Waals surface area contributed by atoms with Gasteiger partial charge in [0, 0.05) is 6.54 Å². The van der Waals surface area contributed by atoms with Crippen molar-refractivity contribution in [3.8, 4) is 0 Å². The zero-order valence-corrected chi connectivity index (χ0v) is 10.2. The first-order valence-electron chi connectivity index (χ1n) is 5.21. The molecule has 0 spiro atoms. The van der Waals surface area contributed by atoms with Crippen LogP contribution in [0.2, 0.25) is 0 Å². The van der Waals surface area contributed by atoms with Crippen molar-refractivity contribution in [2.45, 2.75) is 18.8 Å². The molecular formula is C11H10ClF2N3O. The standard InChI is InChI=1S/C11H10ClF2N3O/c1-6(12)10-16-17-11(18-10)15-5-7-2-3-8(13)9(14)4-7/h2-4,6H,5H2,1H3,(H,15,17). The Hall–Kier alpha value is -1.69. The fourth-order valence-corrected chi connectivity index (χ4v) is 1.38. The maximum Gasteiger partial charge on any atom is 0.315 e. The molecule has 0 bridgehead atoms. The summed E-state index contributed by atoms with van der Waals surface area (Å²) >= 11 is 5.76. The number of halogens is 3. The van der Waals surface area contributed by atoms with Gasteiger partial charge in [-0.3, -0.25) is 0 Å². The molecule has 4 nitrogen and oxygen atoms in total. The number of anilines is 1. The Morgan fingerprint density at radius 3 is 2.72 bits per heavy atom. The van der Waals surface area contributed by atoms with Gasteiger partial charge in [-0.25, -0.2) is 8.78 Å². The van der Waals surface area contributed by atoms with Gasteiger partial charge in [0.2, 0.25) is 5.89 Å². The van der Waals surface area contributed by atoms with Gasteiger partial charge in [0.25, 0.3) is 0 Å². The van der Waals surface area contributed by atoms with E-state index in [0.717, 1.165) is 12.1 Å². The van der Waals surface area contributed by atoms with E-state index in [1.807, 2.05) is 0 Å². The molecule has 96 valence electrons. The van der Waals surface area contributed by atoms with Crippen molar-refractivity contribution in [3.05, 3.63) is 41.3 Å². The predicted octanol–water partition coefficient (Wildman–Crippen LogP) is 3.26. The van der Waals surface area contributed by atoms with Gasteiger partial charge >= 0.3 is 6.01 Å². The van der Waals surface area contributed by atoms with E-state index in [2.05, 4.69) is 15.5 Å². The summed E-state index contributed by atoms with van der Waals surface area (Å²) in [6, 6.07) is 3.81. The highest BCUT2D eigenvalue weighted by molar-refractivity contribution is 6.20. The molecule has 0 saturated heterocycles. The lowest BCUT2D eigenvalue weighted by Crippen LogP contribution is -2.00. The van der Waals surface area contributed by atoms with Crippen LogP contribution in [0, 0.1) is 11.6 Å². The van der Waals surface area contributed by atoms with E-state index in [0.29, 0.717) is 11.5 Å². The molecule has 18 heavy (non-hydrogen) atoms. The van der Waals surface area contributed by atoms with E-state index < -0.39 is 11.6 Å². The summed E-state index contributed by atoms with van der Waals surface area (Å²) in [7, 11) is 0. The third-order valence-corrected chi connectivity index (χ3v) is 2.40. The average molecular weight is 274 g/mol. The number of rotatable bonds is 4. The molecule has 1 aromatic heterocycles. The number of benzene rings is 1. The van der Waals surface area contributed by atoms with Gasteiger partial charge in [-0.2, -0.15) is 0 Å². The summed E-state index contributed by atoms with van der Waals surface area (Å²) in [6.45, 7) is 1.95. The smallest absolute Gasteiger partial charge is 0.315 e. The maximum atomic E-state index is 12.9. The second-order valence-corrected chi connectivity index (χ2v) is 4.32. The normalized spacial score (nSPS) is 12.4. The van der Waals surface area contributed by atoms with Gasteiger partial charge in [-0.05, 0) is 24.6 Å². The number of nitrogens with zero attached hydrogens (tertiary/aromatic N) is 2. The summed E-state index contributed by atoms with van der Waals surface area (Å²) in [5, 5.41) is 9.84. The second kappa shape index (κ2) is 5.30. The van der Waals surface area contributed by atoms with E-state index in [1.165, 1.54) is 6.07 Å². The Labute approximate surface area is 107 Å². The molecule has 0 radical (unpaired) electrons. The molecule has 1 atom stereocenters. The predicted molar refractivity (Wildman–Crippen MR) is 62.3 cm³/mol. The highest BCUT2D eigenvalue weighted by Crippen LogP contribution is 2.19. The van der Waals surface area contributed by atoms with Crippen molar-refractivity contribution < 1.29 is 13.2 Å². The van der Waals surface area contributed by atoms with Crippen molar-refractivity contribution in [1.82, 2.24) is 10.2 Å². The van der Waals surface area contributed by atoms with Crippen molar-refractivity contribution in [2.75, 3.05) is 5.32 Å². The van der Waals surface area contributed by atoms with Gasteiger partial charge in [0.05, 0.1) is 0 Å². The Morgan fingerprint density at radius 1 is 1.33 bits per heavy atom. The number of nitrogens with one attached hydrogen (secondary N) is 1. The lowest BCUT2D eigenvalue weighted by atomic mass is 10.2. The molecule has 0 saturated carbocycles. The summed E-state index contributed by atoms with van der Waals surface area (Å²) in [6.07, 6.45) is 0. The molecule has 1 N–H and O–H groups in total. The summed E-state index contributed by atoms with van der Waals surface area (Å²) in [5.41, 5.74) is 0.563. The molecule has 2 aromatic rings. The van der Waals surface area contributed by atoms with Crippen LogP contribution in [0.15, 0.2) is 22.6 Å². The van der Waals surface area contributed by atoms with Crippen LogP contribution in [0.5, 0.6) is 0 Å². The van der Waals surface area contributed by atoms with Crippen LogP contribution in [0.4, 0.5) is 14.8 Å². The van der Waals surface area contributed by atoms with Crippen LogP contribution in [0.25, 0.3) is 0 Å². The second-order valence-electron chi connectivity index (χ2n) is 3.66.